The van der Waals surface area contributed by atoms with E-state index in [0.717, 1.165) is 0 Å². The Morgan fingerprint density at radius 3 is 2.49 bits per heavy atom. The van der Waals surface area contributed by atoms with E-state index in [2.05, 4.69) is 15.5 Å². The zero-order chi connectivity index (χ0) is 27.4. The maximum Gasteiger partial charge on any atom is 0.253 e. The van der Waals surface area contributed by atoms with Gasteiger partial charge in [0.2, 0.25) is 6.41 Å². The molecular formula is C26H28Cl3FN6O3. The number of amides is 2. The normalized spacial score (nSPS) is 16.8. The first kappa shape index (κ1) is 30.4. The van der Waals surface area contributed by atoms with Crippen LogP contribution in [-0.4, -0.2) is 59.2 Å². The van der Waals surface area contributed by atoms with Crippen molar-refractivity contribution in [2.24, 2.45) is 0 Å². The maximum absolute atomic E-state index is 13.8. The molecule has 2 atom stereocenters. The Morgan fingerprint density at radius 2 is 1.85 bits per heavy atom. The molecule has 0 aliphatic carbocycles. The van der Waals surface area contributed by atoms with E-state index in [9.17, 15) is 14.0 Å². The number of ether oxygens (including phenoxy) is 1. The molecule has 4 rings (SSSR count). The van der Waals surface area contributed by atoms with Crippen molar-refractivity contribution in [1.29, 1.82) is 0 Å². The quantitative estimate of drug-likeness (QED) is 0.287. The molecule has 1 aliphatic heterocycles. The lowest BCUT2D eigenvalue weighted by molar-refractivity contribution is -0.106. The third-order valence-electron chi connectivity index (χ3n) is 6.11. The Kier molecular flexibility index (Phi) is 10.3. The van der Waals surface area contributed by atoms with Crippen molar-refractivity contribution < 1.29 is 18.7 Å². The molecule has 208 valence electrons. The van der Waals surface area contributed by atoms with E-state index in [1.54, 1.807) is 24.3 Å². The van der Waals surface area contributed by atoms with Crippen LogP contribution >= 0.6 is 35.6 Å². The van der Waals surface area contributed by atoms with Crippen molar-refractivity contribution >= 4 is 65.2 Å². The number of nitrogens with two attached hydrogens (primary N) is 1. The van der Waals surface area contributed by atoms with Gasteiger partial charge in [0, 0.05) is 48.2 Å². The summed E-state index contributed by atoms with van der Waals surface area (Å²) < 4.78 is 19.5. The van der Waals surface area contributed by atoms with Gasteiger partial charge < -0.3 is 20.7 Å². The van der Waals surface area contributed by atoms with E-state index < -0.39 is 5.82 Å². The number of halogens is 4. The minimum atomic E-state index is -0.579. The number of aromatic nitrogens is 2. The molecule has 1 aromatic heterocycles. The predicted molar refractivity (Wildman–Crippen MR) is 152 cm³/mol. The molecule has 2 heterocycles. The van der Waals surface area contributed by atoms with Gasteiger partial charge in [-0.25, -0.2) is 4.39 Å². The summed E-state index contributed by atoms with van der Waals surface area (Å²) in [5.41, 5.74) is 7.31. The molecule has 1 fully saturated rings. The van der Waals surface area contributed by atoms with Gasteiger partial charge in [-0.3, -0.25) is 14.5 Å². The standard InChI is InChI=1S/C26H27Cl2FN6O3.ClH/c1-15-12-34(13-16(2)31-15)26(37)17-3-5-18(6-4-17)35(14-36)23-11-22(25(30)33-32-23)38-10-9-19-20(27)7-8-21(29)24(19)28;/h3-8,11,14-16,31H,9-10,12-13H2,1-2H3,(H2,30,33);1H/t15-,16+;. The molecular weight excluding hydrogens is 570 g/mol. The van der Waals surface area contributed by atoms with E-state index in [-0.39, 0.29) is 65.8 Å². The number of piperazine rings is 1. The summed E-state index contributed by atoms with van der Waals surface area (Å²) in [6.07, 6.45) is 0.789. The van der Waals surface area contributed by atoms with Crippen LogP contribution in [0.4, 0.5) is 21.7 Å². The number of nitrogens with zero attached hydrogens (tertiary/aromatic N) is 4. The monoisotopic (exact) mass is 596 g/mol. The smallest absolute Gasteiger partial charge is 0.253 e. The van der Waals surface area contributed by atoms with Crippen molar-refractivity contribution in [3.8, 4) is 5.75 Å². The van der Waals surface area contributed by atoms with Crippen LogP contribution in [0.5, 0.6) is 5.75 Å². The lowest BCUT2D eigenvalue weighted by Gasteiger charge is -2.36. The fourth-order valence-corrected chi connectivity index (χ4v) is 4.92. The first-order valence-corrected chi connectivity index (χ1v) is 12.7. The number of anilines is 3. The lowest BCUT2D eigenvalue weighted by Crippen LogP contribution is -2.55. The molecule has 9 nitrogen and oxygen atoms in total. The highest BCUT2D eigenvalue weighted by Crippen LogP contribution is 2.30. The minimum Gasteiger partial charge on any atom is -0.489 e. The maximum atomic E-state index is 13.8. The van der Waals surface area contributed by atoms with E-state index in [4.69, 9.17) is 33.7 Å². The number of nitrogen functional groups attached to an aromatic ring is 1. The number of benzene rings is 2. The van der Waals surface area contributed by atoms with Gasteiger partial charge in [-0.1, -0.05) is 23.2 Å². The third-order valence-corrected chi connectivity index (χ3v) is 6.87. The minimum absolute atomic E-state index is 0. The van der Waals surface area contributed by atoms with Gasteiger partial charge in [0.1, 0.15) is 5.82 Å². The molecule has 0 unspecified atom stereocenters. The number of carbonyl (C=O) groups is 2. The Hall–Kier alpha value is -3.18. The zero-order valence-electron chi connectivity index (χ0n) is 21.2. The summed E-state index contributed by atoms with van der Waals surface area (Å²) in [5.74, 6) is -0.300. The Morgan fingerprint density at radius 1 is 1.18 bits per heavy atom. The largest absolute Gasteiger partial charge is 0.489 e. The first-order chi connectivity index (χ1) is 18.2. The Labute approximate surface area is 241 Å². The van der Waals surface area contributed by atoms with Crippen LogP contribution in [-0.2, 0) is 11.2 Å². The summed E-state index contributed by atoms with van der Waals surface area (Å²) in [4.78, 5) is 28.0. The van der Waals surface area contributed by atoms with Crippen LogP contribution in [0.2, 0.25) is 10.0 Å². The van der Waals surface area contributed by atoms with Gasteiger partial charge >= 0.3 is 0 Å². The second kappa shape index (κ2) is 13.3. The molecule has 0 bridgehead atoms. The average molecular weight is 598 g/mol. The van der Waals surface area contributed by atoms with Gasteiger partial charge in [0.25, 0.3) is 5.91 Å². The number of nitrogens with one attached hydrogen (secondary N) is 1. The molecule has 2 amide bonds. The van der Waals surface area contributed by atoms with Crippen molar-refractivity contribution in [2.45, 2.75) is 32.4 Å². The molecule has 0 saturated carbocycles. The molecule has 3 N–H and O–H groups in total. The van der Waals surface area contributed by atoms with Crippen LogP contribution in [0.25, 0.3) is 0 Å². The van der Waals surface area contributed by atoms with Crippen molar-refractivity contribution in [1.82, 2.24) is 20.4 Å². The summed E-state index contributed by atoms with van der Waals surface area (Å²) in [6, 6.07) is 11.1. The molecule has 0 spiro atoms. The van der Waals surface area contributed by atoms with Crippen LogP contribution in [0.15, 0.2) is 42.5 Å². The highest BCUT2D eigenvalue weighted by atomic mass is 35.5. The molecule has 1 saturated heterocycles. The molecule has 13 heteroatoms. The Balaban J connectivity index is 0.00000420. The van der Waals surface area contributed by atoms with E-state index >= 15 is 0 Å². The summed E-state index contributed by atoms with van der Waals surface area (Å²) in [6.45, 7) is 5.38. The van der Waals surface area contributed by atoms with E-state index in [0.29, 0.717) is 41.3 Å². The zero-order valence-corrected chi connectivity index (χ0v) is 23.6. The van der Waals surface area contributed by atoms with E-state index in [1.807, 2.05) is 18.7 Å². The van der Waals surface area contributed by atoms with Crippen molar-refractivity contribution in [3.63, 3.8) is 0 Å². The molecule has 2 aromatic carbocycles. The number of hydrogen-bond donors (Lipinski definition) is 2. The second-order valence-electron chi connectivity index (χ2n) is 9.07. The summed E-state index contributed by atoms with van der Waals surface area (Å²) >= 11 is 12.1. The molecule has 0 radical (unpaired) electrons. The van der Waals surface area contributed by atoms with Gasteiger partial charge in [-0.15, -0.1) is 22.6 Å². The predicted octanol–water partition coefficient (Wildman–Crippen LogP) is 4.66. The average Bonchev–Trinajstić information content (AvgIpc) is 2.89. The highest BCUT2D eigenvalue weighted by molar-refractivity contribution is 6.36. The van der Waals surface area contributed by atoms with Crippen LogP contribution in [0.3, 0.4) is 0 Å². The van der Waals surface area contributed by atoms with Crippen molar-refractivity contribution in [2.75, 3.05) is 30.3 Å². The number of carbonyl (C=O) groups excluding carboxylic acids is 2. The van der Waals surface area contributed by atoms with Gasteiger partial charge in [0.15, 0.2) is 17.4 Å². The topological polar surface area (TPSA) is 114 Å². The van der Waals surface area contributed by atoms with Gasteiger partial charge in [-0.05, 0) is 55.8 Å². The second-order valence-corrected chi connectivity index (χ2v) is 9.86. The SMILES string of the molecule is C[C@@H]1CN(C(=O)c2ccc(N(C=O)c3cc(OCCc4c(Cl)ccc(F)c4Cl)c(N)nn3)cc2)C[C@H](C)N1.Cl. The Bertz CT molecular complexity index is 1320. The summed E-state index contributed by atoms with van der Waals surface area (Å²) in [5, 5.41) is 11.5. The molecule has 3 aromatic rings. The molecule has 1 aliphatic rings. The fourth-order valence-electron chi connectivity index (χ4n) is 4.36. The lowest BCUT2D eigenvalue weighted by atomic mass is 10.1. The highest BCUT2D eigenvalue weighted by Gasteiger charge is 2.25. The first-order valence-electron chi connectivity index (χ1n) is 12.0. The summed E-state index contributed by atoms with van der Waals surface area (Å²) in [7, 11) is 0. The van der Waals surface area contributed by atoms with E-state index in [1.165, 1.54) is 23.1 Å². The molecule has 39 heavy (non-hydrogen) atoms. The van der Waals surface area contributed by atoms with Crippen LogP contribution < -0.4 is 20.7 Å². The van der Waals surface area contributed by atoms with Crippen molar-refractivity contribution in [3.05, 3.63) is 69.5 Å². The number of rotatable bonds is 8. The van der Waals surface area contributed by atoms with Gasteiger partial charge in [-0.2, -0.15) is 0 Å². The van der Waals surface area contributed by atoms with Crippen LogP contribution in [0, 0.1) is 5.82 Å². The van der Waals surface area contributed by atoms with Gasteiger partial charge in [0.05, 0.1) is 17.3 Å². The van der Waals surface area contributed by atoms with Crippen LogP contribution in [0.1, 0.15) is 29.8 Å². The number of hydrogen-bond acceptors (Lipinski definition) is 7. The fraction of sp³-hybridized carbons (Fsp3) is 0.308. The third kappa shape index (κ3) is 7.07.